The highest BCUT2D eigenvalue weighted by atomic mass is 16.4. The number of nitrogens with zero attached hydrogens (tertiary/aromatic N) is 1. The number of carboxylic acid groups (broad SMARTS) is 1. The van der Waals surface area contributed by atoms with Gasteiger partial charge in [-0.2, -0.15) is 0 Å². The van der Waals surface area contributed by atoms with Gasteiger partial charge in [-0.05, 0) is 37.0 Å². The van der Waals surface area contributed by atoms with Crippen LogP contribution in [0.15, 0.2) is 18.2 Å². The smallest absolute Gasteiger partial charge is 0.409 e. The highest BCUT2D eigenvalue weighted by molar-refractivity contribution is 6.54. The van der Waals surface area contributed by atoms with Crippen LogP contribution in [-0.4, -0.2) is 29.7 Å². The summed E-state index contributed by atoms with van der Waals surface area (Å²) in [6.07, 6.45) is 0.793. The van der Waals surface area contributed by atoms with E-state index >= 15 is 0 Å². The summed E-state index contributed by atoms with van der Waals surface area (Å²) in [5, 5.41) is 18.3. The fourth-order valence-corrected chi connectivity index (χ4v) is 1.95. The van der Waals surface area contributed by atoms with Crippen LogP contribution in [0, 0.1) is 0 Å². The predicted octanol–water partition coefficient (Wildman–Crippen LogP) is 0.858. The largest absolute Gasteiger partial charge is 0.478 e. The molecular formula is C10H12BNO3. The molecule has 0 radical (unpaired) electrons. The molecular weight excluding hydrogens is 193 g/mol. The first-order valence-corrected chi connectivity index (χ1v) is 4.90. The van der Waals surface area contributed by atoms with Gasteiger partial charge in [0.25, 0.3) is 0 Å². The second kappa shape index (κ2) is 3.58. The standard InChI is InChI=1S/C10H12BNO3/c1-11(15)12-5-4-7-6-8(10(13)14)2-3-9(7)12/h2-3,6,15H,4-5H2,1H3,(H,13,14). The zero-order valence-corrected chi connectivity index (χ0v) is 8.47. The van der Waals surface area contributed by atoms with Crippen LogP contribution in [0.1, 0.15) is 15.9 Å². The predicted molar refractivity (Wildman–Crippen MR) is 58.3 cm³/mol. The Bertz CT molecular complexity index is 406. The molecule has 78 valence electrons. The van der Waals surface area contributed by atoms with Crippen molar-refractivity contribution in [3.8, 4) is 0 Å². The Labute approximate surface area is 88.3 Å². The molecule has 0 bridgehead atoms. The lowest BCUT2D eigenvalue weighted by atomic mass is 9.85. The fraction of sp³-hybridized carbons (Fsp3) is 0.300. The van der Waals surface area contributed by atoms with Crippen LogP contribution in [-0.2, 0) is 6.42 Å². The molecule has 15 heavy (non-hydrogen) atoms. The van der Waals surface area contributed by atoms with E-state index in [4.69, 9.17) is 5.11 Å². The van der Waals surface area contributed by atoms with Gasteiger partial charge in [0, 0.05) is 12.2 Å². The number of hydrogen-bond donors (Lipinski definition) is 2. The lowest BCUT2D eigenvalue weighted by Gasteiger charge is -2.19. The number of carbonyl (C=O) groups is 1. The molecule has 2 rings (SSSR count). The zero-order valence-electron chi connectivity index (χ0n) is 8.47. The number of rotatable bonds is 2. The van der Waals surface area contributed by atoms with Gasteiger partial charge in [-0.25, -0.2) is 4.79 Å². The summed E-state index contributed by atoms with van der Waals surface area (Å²) in [4.78, 5) is 12.6. The van der Waals surface area contributed by atoms with Gasteiger partial charge in [0.15, 0.2) is 0 Å². The van der Waals surface area contributed by atoms with Crippen molar-refractivity contribution in [1.82, 2.24) is 0 Å². The van der Waals surface area contributed by atoms with Crippen molar-refractivity contribution in [2.75, 3.05) is 11.4 Å². The SMILES string of the molecule is CB(O)N1CCc2cc(C(=O)O)ccc21. The first-order chi connectivity index (χ1) is 7.09. The van der Waals surface area contributed by atoms with E-state index in [1.54, 1.807) is 25.0 Å². The molecule has 4 nitrogen and oxygen atoms in total. The van der Waals surface area contributed by atoms with Gasteiger partial charge in [-0.3, -0.25) is 0 Å². The first kappa shape index (κ1) is 10.0. The van der Waals surface area contributed by atoms with E-state index in [0.29, 0.717) is 5.56 Å². The van der Waals surface area contributed by atoms with Gasteiger partial charge in [0.1, 0.15) is 0 Å². The van der Waals surface area contributed by atoms with Crippen molar-refractivity contribution in [2.24, 2.45) is 0 Å². The maximum absolute atomic E-state index is 10.8. The maximum Gasteiger partial charge on any atom is 0.409 e. The van der Waals surface area contributed by atoms with Crippen molar-refractivity contribution in [2.45, 2.75) is 13.2 Å². The van der Waals surface area contributed by atoms with Crippen LogP contribution in [0.3, 0.4) is 0 Å². The van der Waals surface area contributed by atoms with Crippen molar-refractivity contribution in [3.05, 3.63) is 29.3 Å². The molecule has 0 saturated heterocycles. The Morgan fingerprint density at radius 3 is 2.87 bits per heavy atom. The van der Waals surface area contributed by atoms with Crippen molar-refractivity contribution >= 4 is 18.7 Å². The Balaban J connectivity index is 2.37. The topological polar surface area (TPSA) is 60.8 Å². The minimum Gasteiger partial charge on any atom is -0.478 e. The summed E-state index contributed by atoms with van der Waals surface area (Å²) >= 11 is 0. The van der Waals surface area contributed by atoms with Gasteiger partial charge >= 0.3 is 13.0 Å². The van der Waals surface area contributed by atoms with Gasteiger partial charge in [-0.1, -0.05) is 0 Å². The quantitative estimate of drug-likeness (QED) is 0.702. The van der Waals surface area contributed by atoms with Crippen molar-refractivity contribution in [3.63, 3.8) is 0 Å². The number of anilines is 1. The summed E-state index contributed by atoms with van der Waals surface area (Å²) < 4.78 is 0. The van der Waals surface area contributed by atoms with Crippen LogP contribution in [0.2, 0.25) is 6.82 Å². The molecule has 2 N–H and O–H groups in total. The van der Waals surface area contributed by atoms with E-state index < -0.39 is 13.0 Å². The normalized spacial score (nSPS) is 13.9. The minimum atomic E-state index is -0.909. The Morgan fingerprint density at radius 1 is 1.53 bits per heavy atom. The fourth-order valence-electron chi connectivity index (χ4n) is 1.95. The van der Waals surface area contributed by atoms with Crippen molar-refractivity contribution < 1.29 is 14.9 Å². The molecule has 0 aromatic heterocycles. The monoisotopic (exact) mass is 205 g/mol. The molecule has 5 heteroatoms. The van der Waals surface area contributed by atoms with E-state index in [-0.39, 0.29) is 0 Å². The number of carboxylic acids is 1. The molecule has 0 atom stereocenters. The van der Waals surface area contributed by atoms with Gasteiger partial charge in [0.05, 0.1) is 5.56 Å². The molecule has 1 aromatic rings. The molecule has 1 aliphatic heterocycles. The van der Waals surface area contributed by atoms with Gasteiger partial charge < -0.3 is 14.9 Å². The van der Waals surface area contributed by atoms with Crippen molar-refractivity contribution in [1.29, 1.82) is 0 Å². The van der Waals surface area contributed by atoms with Crippen LogP contribution in [0.25, 0.3) is 0 Å². The Kier molecular flexibility index (Phi) is 2.40. The highest BCUT2D eigenvalue weighted by Gasteiger charge is 2.25. The van der Waals surface area contributed by atoms with E-state index in [1.807, 2.05) is 4.81 Å². The Morgan fingerprint density at radius 2 is 2.27 bits per heavy atom. The summed E-state index contributed by atoms with van der Waals surface area (Å²) in [5.41, 5.74) is 2.24. The summed E-state index contributed by atoms with van der Waals surface area (Å²) in [6, 6.07) is 5.01. The van der Waals surface area contributed by atoms with Crippen LogP contribution < -0.4 is 4.81 Å². The minimum absolute atomic E-state index is 0.307. The van der Waals surface area contributed by atoms with Gasteiger partial charge in [0.2, 0.25) is 0 Å². The summed E-state index contributed by atoms with van der Waals surface area (Å²) in [5.74, 6) is -0.909. The summed E-state index contributed by atoms with van der Waals surface area (Å²) in [6.45, 7) is 2.45. The number of aromatic carboxylic acids is 1. The summed E-state index contributed by atoms with van der Waals surface area (Å²) in [7, 11) is -0.526. The molecule has 1 aromatic carbocycles. The second-order valence-electron chi connectivity index (χ2n) is 3.72. The van der Waals surface area contributed by atoms with E-state index in [0.717, 1.165) is 24.2 Å². The second-order valence-corrected chi connectivity index (χ2v) is 3.72. The van der Waals surface area contributed by atoms with E-state index in [1.165, 1.54) is 0 Å². The van der Waals surface area contributed by atoms with E-state index in [2.05, 4.69) is 0 Å². The molecule has 1 aliphatic rings. The van der Waals surface area contributed by atoms with Crippen LogP contribution in [0.4, 0.5) is 5.69 Å². The number of fused-ring (bicyclic) bond motifs is 1. The molecule has 0 fully saturated rings. The molecule has 0 saturated carbocycles. The van der Waals surface area contributed by atoms with E-state index in [9.17, 15) is 9.82 Å². The molecule has 0 unspecified atom stereocenters. The third-order valence-corrected chi connectivity index (χ3v) is 2.71. The third kappa shape index (κ3) is 1.70. The molecule has 0 spiro atoms. The molecule has 0 aliphatic carbocycles. The Hall–Kier alpha value is -1.49. The number of hydrogen-bond acceptors (Lipinski definition) is 3. The average molecular weight is 205 g/mol. The van der Waals surface area contributed by atoms with Crippen LogP contribution in [0.5, 0.6) is 0 Å². The number of benzene rings is 1. The maximum atomic E-state index is 10.8. The molecule has 1 heterocycles. The lowest BCUT2D eigenvalue weighted by Crippen LogP contribution is -2.35. The lowest BCUT2D eigenvalue weighted by molar-refractivity contribution is 0.0697. The highest BCUT2D eigenvalue weighted by Crippen LogP contribution is 2.29. The first-order valence-electron chi connectivity index (χ1n) is 4.90. The average Bonchev–Trinajstić information content (AvgIpc) is 2.59. The van der Waals surface area contributed by atoms with Crippen LogP contribution >= 0.6 is 0 Å². The van der Waals surface area contributed by atoms with Gasteiger partial charge in [-0.15, -0.1) is 0 Å². The molecule has 0 amide bonds. The third-order valence-electron chi connectivity index (χ3n) is 2.71. The zero-order chi connectivity index (χ0) is 11.0.